The van der Waals surface area contributed by atoms with Crippen molar-refractivity contribution in [3.63, 3.8) is 0 Å². The van der Waals surface area contributed by atoms with Crippen molar-refractivity contribution in [3.8, 4) is 6.01 Å². The van der Waals surface area contributed by atoms with Gasteiger partial charge in [-0.25, -0.2) is 0 Å². The van der Waals surface area contributed by atoms with Crippen LogP contribution in [0.3, 0.4) is 0 Å². The minimum absolute atomic E-state index is 0.00926. The molecule has 36 heavy (non-hydrogen) atoms. The lowest BCUT2D eigenvalue weighted by atomic mass is 10.2. The molecule has 194 valence electrons. The van der Waals surface area contributed by atoms with E-state index in [1.54, 1.807) is 4.90 Å². The fourth-order valence-corrected chi connectivity index (χ4v) is 4.65. The Kier molecular flexibility index (Phi) is 7.28. The molecule has 0 amide bonds. The van der Waals surface area contributed by atoms with Gasteiger partial charge in [0, 0.05) is 31.8 Å². The highest BCUT2D eigenvalue weighted by atomic mass is 32.1. The second-order valence-corrected chi connectivity index (χ2v) is 9.09. The Hall–Kier alpha value is -3.49. The molecule has 4 heterocycles. The van der Waals surface area contributed by atoms with E-state index in [0.29, 0.717) is 10.6 Å². The normalized spacial score (nSPS) is 14.4. The summed E-state index contributed by atoms with van der Waals surface area (Å²) in [4.78, 5) is 35.0. The molecule has 3 aromatic rings. The fourth-order valence-electron chi connectivity index (χ4n) is 3.69. The van der Waals surface area contributed by atoms with Crippen LogP contribution >= 0.6 is 11.3 Å². The van der Waals surface area contributed by atoms with Gasteiger partial charge in [-0.1, -0.05) is 6.92 Å². The predicted octanol–water partition coefficient (Wildman–Crippen LogP) is 2.76. The van der Waals surface area contributed by atoms with Gasteiger partial charge in [0.15, 0.2) is 11.9 Å². The van der Waals surface area contributed by atoms with Crippen LogP contribution in [0.2, 0.25) is 0 Å². The highest BCUT2D eigenvalue weighted by Gasteiger charge is 2.39. The number of aromatic nitrogens is 5. The van der Waals surface area contributed by atoms with Crippen LogP contribution < -0.4 is 9.64 Å². The Bertz CT molecular complexity index is 1280. The molecule has 1 unspecified atom stereocenters. The molecule has 0 saturated carbocycles. The Morgan fingerprint density at radius 1 is 1.14 bits per heavy atom. The molecule has 1 atom stereocenters. The minimum atomic E-state index is -4.59. The molecular formula is C21H23F3N6O5S. The maximum atomic E-state index is 13.2. The molecule has 0 aliphatic carbocycles. The summed E-state index contributed by atoms with van der Waals surface area (Å²) in [6, 6.07) is 1.94. The summed E-state index contributed by atoms with van der Waals surface area (Å²) in [6.45, 7) is 4.40. The maximum absolute atomic E-state index is 13.2. The number of nitrogens with zero attached hydrogens (tertiary/aromatic N) is 6. The number of carbonyl (C=O) groups excluding carboxylic acids is 2. The van der Waals surface area contributed by atoms with Gasteiger partial charge in [0.05, 0.1) is 11.9 Å². The lowest BCUT2D eigenvalue weighted by Gasteiger charge is -2.29. The van der Waals surface area contributed by atoms with Gasteiger partial charge in [0.25, 0.3) is 0 Å². The van der Waals surface area contributed by atoms with Gasteiger partial charge < -0.3 is 23.7 Å². The van der Waals surface area contributed by atoms with Crippen LogP contribution in [0.25, 0.3) is 10.2 Å². The molecule has 0 radical (unpaired) electrons. The van der Waals surface area contributed by atoms with Crippen molar-refractivity contribution in [2.45, 2.75) is 52.6 Å². The van der Waals surface area contributed by atoms with Gasteiger partial charge in [-0.3, -0.25) is 9.59 Å². The number of fused-ring (bicyclic) bond motifs is 2. The van der Waals surface area contributed by atoms with Gasteiger partial charge in [-0.15, -0.1) is 21.5 Å². The summed E-state index contributed by atoms with van der Waals surface area (Å²) in [7, 11) is 0. The molecule has 0 aromatic carbocycles. The number of ether oxygens (including phenoxy) is 3. The molecule has 0 fully saturated rings. The quantitative estimate of drug-likeness (QED) is 0.404. The summed E-state index contributed by atoms with van der Waals surface area (Å²) in [6.07, 6.45) is -4.71. The minimum Gasteiger partial charge on any atom is -0.462 e. The smallest absolute Gasteiger partial charge is 0.451 e. The van der Waals surface area contributed by atoms with Crippen molar-refractivity contribution in [2.75, 3.05) is 24.7 Å². The Labute approximate surface area is 207 Å². The average molecular weight is 529 g/mol. The molecule has 3 aromatic heterocycles. The average Bonchev–Trinajstić information content (AvgIpc) is 3.43. The monoisotopic (exact) mass is 528 g/mol. The fraction of sp³-hybridized carbons (Fsp3) is 0.524. The van der Waals surface area contributed by atoms with E-state index in [4.69, 9.17) is 14.2 Å². The third kappa shape index (κ3) is 5.66. The number of rotatable bonds is 8. The van der Waals surface area contributed by atoms with Crippen molar-refractivity contribution in [3.05, 3.63) is 22.6 Å². The predicted molar refractivity (Wildman–Crippen MR) is 121 cm³/mol. The first-order chi connectivity index (χ1) is 17.0. The van der Waals surface area contributed by atoms with E-state index >= 15 is 0 Å². The van der Waals surface area contributed by atoms with Crippen LogP contribution in [-0.2, 0) is 44.7 Å². The van der Waals surface area contributed by atoms with E-state index in [0.717, 1.165) is 21.3 Å². The maximum Gasteiger partial charge on any atom is 0.451 e. The van der Waals surface area contributed by atoms with Gasteiger partial charge in [0.1, 0.15) is 23.9 Å². The van der Waals surface area contributed by atoms with Crippen LogP contribution in [0.5, 0.6) is 6.01 Å². The zero-order valence-corrected chi connectivity index (χ0v) is 20.5. The number of esters is 2. The van der Waals surface area contributed by atoms with Crippen molar-refractivity contribution < 1.29 is 37.0 Å². The lowest BCUT2D eigenvalue weighted by molar-refractivity contribution is -0.158. The molecule has 0 saturated heterocycles. The third-order valence-electron chi connectivity index (χ3n) is 5.26. The molecule has 1 aliphatic rings. The summed E-state index contributed by atoms with van der Waals surface area (Å²) in [5.41, 5.74) is 0. The number of anilines is 1. The first-order valence-corrected chi connectivity index (χ1v) is 11.8. The molecule has 11 nitrogen and oxygen atoms in total. The second kappa shape index (κ2) is 10.2. The van der Waals surface area contributed by atoms with Crippen molar-refractivity contribution in [2.24, 2.45) is 0 Å². The highest BCUT2D eigenvalue weighted by Crippen LogP contribution is 2.35. The zero-order valence-electron chi connectivity index (χ0n) is 19.7. The van der Waals surface area contributed by atoms with Crippen molar-refractivity contribution in [1.29, 1.82) is 0 Å². The van der Waals surface area contributed by atoms with E-state index in [-0.39, 0.29) is 44.7 Å². The number of aryl methyl sites for hydroxylation is 1. The molecule has 15 heteroatoms. The molecule has 0 spiro atoms. The first-order valence-electron chi connectivity index (χ1n) is 11.0. The molecular weight excluding hydrogens is 505 g/mol. The van der Waals surface area contributed by atoms with Crippen LogP contribution in [-0.4, -0.2) is 62.5 Å². The van der Waals surface area contributed by atoms with E-state index in [1.807, 2.05) is 13.0 Å². The van der Waals surface area contributed by atoms with Crippen molar-refractivity contribution in [1.82, 2.24) is 24.7 Å². The first kappa shape index (κ1) is 25.6. The Morgan fingerprint density at radius 2 is 1.92 bits per heavy atom. The van der Waals surface area contributed by atoms with Gasteiger partial charge in [0.2, 0.25) is 5.82 Å². The second-order valence-electron chi connectivity index (χ2n) is 7.97. The summed E-state index contributed by atoms with van der Waals surface area (Å²) >= 11 is 1.45. The van der Waals surface area contributed by atoms with Crippen molar-refractivity contribution >= 4 is 39.3 Å². The number of halogens is 3. The standard InChI is InChI=1S/C21H23F3N6O5S/c1-4-14-7-15-17(29-5-6-30-16(8-29)27-28-19(30)21(22,23)24)25-20(26-18(15)36-14)34-10-13(35-12(3)32)9-33-11(2)31/h7,13H,4-6,8-10H2,1-3H3. The van der Waals surface area contributed by atoms with E-state index in [9.17, 15) is 22.8 Å². The topological polar surface area (TPSA) is 122 Å². The van der Waals surface area contributed by atoms with E-state index in [2.05, 4.69) is 20.2 Å². The van der Waals surface area contributed by atoms with Crippen LogP contribution in [0, 0.1) is 0 Å². The molecule has 4 rings (SSSR count). The lowest BCUT2D eigenvalue weighted by Crippen LogP contribution is -2.36. The molecule has 0 bridgehead atoms. The summed E-state index contributed by atoms with van der Waals surface area (Å²) in [5, 5.41) is 7.80. The number of hydrogen-bond acceptors (Lipinski definition) is 11. The largest absolute Gasteiger partial charge is 0.462 e. The summed E-state index contributed by atoms with van der Waals surface area (Å²) in [5.74, 6) is -1.48. The van der Waals surface area contributed by atoms with E-state index in [1.165, 1.54) is 25.2 Å². The summed E-state index contributed by atoms with van der Waals surface area (Å²) < 4.78 is 56.5. The Balaban J connectivity index is 1.61. The SMILES string of the molecule is CCc1cc2c(N3CCn4c(nnc4C(F)(F)F)C3)nc(OCC(COC(C)=O)OC(C)=O)nc2s1. The number of carbonyl (C=O) groups is 2. The van der Waals surface area contributed by atoms with Crippen LogP contribution in [0.4, 0.5) is 19.0 Å². The third-order valence-corrected chi connectivity index (χ3v) is 6.43. The zero-order chi connectivity index (χ0) is 26.0. The van der Waals surface area contributed by atoms with Crippen LogP contribution in [0.1, 0.15) is 37.3 Å². The van der Waals surface area contributed by atoms with Gasteiger partial charge in [-0.05, 0) is 12.5 Å². The molecule has 0 N–H and O–H groups in total. The van der Waals surface area contributed by atoms with Gasteiger partial charge >= 0.3 is 24.1 Å². The highest BCUT2D eigenvalue weighted by molar-refractivity contribution is 7.18. The number of hydrogen-bond donors (Lipinski definition) is 0. The van der Waals surface area contributed by atoms with E-state index < -0.39 is 30.0 Å². The molecule has 1 aliphatic heterocycles. The van der Waals surface area contributed by atoms with Gasteiger partial charge in [-0.2, -0.15) is 23.1 Å². The Morgan fingerprint density at radius 3 is 2.58 bits per heavy atom. The van der Waals surface area contributed by atoms with Crippen LogP contribution in [0.15, 0.2) is 6.07 Å². The number of alkyl halides is 3. The number of thiophene rings is 1.